The average Bonchev–Trinajstić information content (AvgIpc) is 3.53. The van der Waals surface area contributed by atoms with Crippen molar-refractivity contribution in [1.82, 2.24) is 24.5 Å². The summed E-state index contributed by atoms with van der Waals surface area (Å²) in [5.74, 6) is -0.608. The smallest absolute Gasteiger partial charge is 0.257 e. The molecule has 0 N–H and O–H groups in total. The van der Waals surface area contributed by atoms with E-state index in [0.29, 0.717) is 37.1 Å². The van der Waals surface area contributed by atoms with E-state index in [0.717, 1.165) is 27.9 Å². The minimum atomic E-state index is -0.854. The second kappa shape index (κ2) is 8.38. The number of carbonyl (C=O) groups excluding carboxylic acids is 1. The van der Waals surface area contributed by atoms with Gasteiger partial charge in [-0.15, -0.1) is 21.5 Å². The predicted molar refractivity (Wildman–Crippen MR) is 131 cm³/mol. The lowest BCUT2D eigenvalue weighted by molar-refractivity contribution is 0.0668. The number of benzene rings is 2. The van der Waals surface area contributed by atoms with Crippen molar-refractivity contribution in [1.29, 1.82) is 0 Å². The Balaban J connectivity index is 1.39. The quantitative estimate of drug-likeness (QED) is 0.369. The molecular formula is C25H20F2N6OS. The number of piperazine rings is 1. The minimum Gasteiger partial charge on any atom is -0.338 e. The van der Waals surface area contributed by atoms with Crippen molar-refractivity contribution >= 4 is 39.7 Å². The Morgan fingerprint density at radius 2 is 1.91 bits per heavy atom. The van der Waals surface area contributed by atoms with Crippen molar-refractivity contribution in [3.05, 3.63) is 77.2 Å². The highest BCUT2D eigenvalue weighted by Crippen LogP contribution is 2.31. The third-order valence-corrected chi connectivity index (χ3v) is 7.17. The zero-order valence-corrected chi connectivity index (χ0v) is 19.5. The van der Waals surface area contributed by atoms with Gasteiger partial charge in [0.15, 0.2) is 11.5 Å². The lowest BCUT2D eigenvalue weighted by Gasteiger charge is -2.40. The van der Waals surface area contributed by atoms with Gasteiger partial charge in [0.2, 0.25) is 5.95 Å². The maximum Gasteiger partial charge on any atom is 0.257 e. The van der Waals surface area contributed by atoms with E-state index in [9.17, 15) is 13.6 Å². The minimum absolute atomic E-state index is 0.128. The lowest BCUT2D eigenvalue weighted by atomic mass is 10.1. The topological polar surface area (TPSA) is 66.6 Å². The normalized spacial score (nSPS) is 16.4. The number of thiophene rings is 1. The van der Waals surface area contributed by atoms with E-state index in [-0.39, 0.29) is 11.6 Å². The number of amides is 1. The Morgan fingerprint density at radius 1 is 1.06 bits per heavy atom. The van der Waals surface area contributed by atoms with Crippen LogP contribution in [0.15, 0.2) is 60.0 Å². The van der Waals surface area contributed by atoms with Crippen molar-refractivity contribution in [2.45, 2.75) is 13.0 Å². The molecule has 0 spiro atoms. The number of para-hydroxylation sites is 1. The molecule has 0 bridgehead atoms. The molecule has 0 radical (unpaired) electrons. The molecule has 1 amide bonds. The molecule has 2 aromatic carbocycles. The number of aromatic nitrogens is 4. The zero-order valence-electron chi connectivity index (χ0n) is 18.7. The van der Waals surface area contributed by atoms with E-state index in [2.05, 4.69) is 15.1 Å². The van der Waals surface area contributed by atoms with Crippen LogP contribution in [0.3, 0.4) is 0 Å². The third-order valence-electron chi connectivity index (χ3n) is 6.30. The first-order valence-electron chi connectivity index (χ1n) is 11.2. The van der Waals surface area contributed by atoms with Gasteiger partial charge in [-0.2, -0.15) is 0 Å². The summed E-state index contributed by atoms with van der Waals surface area (Å²) in [4.78, 5) is 22.7. The van der Waals surface area contributed by atoms with E-state index in [1.165, 1.54) is 6.07 Å². The summed E-state index contributed by atoms with van der Waals surface area (Å²) in [6.45, 7) is 3.25. The van der Waals surface area contributed by atoms with Crippen LogP contribution in [0, 0.1) is 11.6 Å². The van der Waals surface area contributed by atoms with Gasteiger partial charge in [0.1, 0.15) is 11.6 Å². The van der Waals surface area contributed by atoms with Crippen LogP contribution in [0.25, 0.3) is 27.3 Å². The molecule has 6 rings (SSSR count). The molecule has 176 valence electrons. The number of carbonyl (C=O) groups is 1. The van der Waals surface area contributed by atoms with Crippen LogP contribution in [-0.4, -0.2) is 56.1 Å². The Morgan fingerprint density at radius 3 is 2.69 bits per heavy atom. The highest BCUT2D eigenvalue weighted by molar-refractivity contribution is 7.13. The largest absolute Gasteiger partial charge is 0.338 e. The van der Waals surface area contributed by atoms with Gasteiger partial charge in [0, 0.05) is 37.1 Å². The van der Waals surface area contributed by atoms with Crippen LogP contribution in [0.1, 0.15) is 17.3 Å². The molecule has 0 saturated carbocycles. The fourth-order valence-electron chi connectivity index (χ4n) is 4.60. The average molecular weight is 491 g/mol. The number of halogens is 2. The molecule has 7 nitrogen and oxygen atoms in total. The lowest BCUT2D eigenvalue weighted by Crippen LogP contribution is -2.54. The molecule has 0 aliphatic carbocycles. The Labute approximate surface area is 203 Å². The molecule has 3 aromatic heterocycles. The molecule has 1 aliphatic rings. The van der Waals surface area contributed by atoms with Gasteiger partial charge in [-0.05, 0) is 42.6 Å². The predicted octanol–water partition coefficient (Wildman–Crippen LogP) is 4.64. The second-order valence-corrected chi connectivity index (χ2v) is 9.45. The summed E-state index contributed by atoms with van der Waals surface area (Å²) in [6, 6.07) is 14.6. The number of hydrogen-bond donors (Lipinski definition) is 0. The molecule has 10 heteroatoms. The molecule has 1 unspecified atom stereocenters. The van der Waals surface area contributed by atoms with Crippen molar-refractivity contribution in [3.8, 4) is 10.7 Å². The van der Waals surface area contributed by atoms with E-state index in [4.69, 9.17) is 4.98 Å². The molecule has 1 fully saturated rings. The molecule has 35 heavy (non-hydrogen) atoms. The monoisotopic (exact) mass is 490 g/mol. The molecule has 1 atom stereocenters. The highest BCUT2D eigenvalue weighted by Gasteiger charge is 2.32. The van der Waals surface area contributed by atoms with Crippen molar-refractivity contribution in [2.75, 3.05) is 24.5 Å². The van der Waals surface area contributed by atoms with Crippen molar-refractivity contribution in [2.24, 2.45) is 0 Å². The first-order valence-corrected chi connectivity index (χ1v) is 12.1. The molecule has 4 heterocycles. The van der Waals surface area contributed by atoms with Crippen LogP contribution >= 0.6 is 11.3 Å². The summed E-state index contributed by atoms with van der Waals surface area (Å²) >= 11 is 1.58. The SMILES string of the molecule is CC1CN(c2nc3ccccc3c3nnc(-c4cccs4)n23)CCN1C(=O)c1ccc(F)cc1F. The Kier molecular flexibility index (Phi) is 5.18. The van der Waals surface area contributed by atoms with Gasteiger partial charge >= 0.3 is 0 Å². The Bertz CT molecular complexity index is 1570. The number of nitrogens with zero attached hydrogens (tertiary/aromatic N) is 6. The number of fused-ring (bicyclic) bond motifs is 3. The molecule has 5 aromatic rings. The number of hydrogen-bond acceptors (Lipinski definition) is 6. The summed E-state index contributed by atoms with van der Waals surface area (Å²) in [7, 11) is 0. The van der Waals surface area contributed by atoms with Crippen LogP contribution < -0.4 is 4.90 Å². The van der Waals surface area contributed by atoms with Gasteiger partial charge < -0.3 is 9.80 Å². The van der Waals surface area contributed by atoms with Crippen molar-refractivity contribution < 1.29 is 13.6 Å². The first-order chi connectivity index (χ1) is 17.0. The maximum atomic E-state index is 14.3. The van der Waals surface area contributed by atoms with Crippen LogP contribution in [0.4, 0.5) is 14.7 Å². The third kappa shape index (κ3) is 3.61. The van der Waals surface area contributed by atoms with Gasteiger partial charge in [0.05, 0.1) is 16.0 Å². The molecule has 1 saturated heterocycles. The standard InChI is InChI=1S/C25H20F2N6OS/c1-15-14-31(10-11-32(15)24(34)17-9-8-16(26)13-19(17)27)25-28-20-6-3-2-5-18(20)22-29-30-23(33(22)25)21-7-4-12-35-21/h2-9,12-13,15H,10-11,14H2,1H3. The first kappa shape index (κ1) is 21.6. The fourth-order valence-corrected chi connectivity index (χ4v) is 5.30. The fraction of sp³-hybridized carbons (Fsp3) is 0.200. The van der Waals surface area contributed by atoms with E-state index < -0.39 is 17.5 Å². The van der Waals surface area contributed by atoms with E-state index in [1.807, 2.05) is 53.1 Å². The summed E-state index contributed by atoms with van der Waals surface area (Å²) in [5.41, 5.74) is 1.39. The van der Waals surface area contributed by atoms with Crippen LogP contribution in [-0.2, 0) is 0 Å². The summed E-state index contributed by atoms with van der Waals surface area (Å²) < 4.78 is 29.6. The second-order valence-electron chi connectivity index (χ2n) is 8.51. The van der Waals surface area contributed by atoms with Crippen LogP contribution in [0.2, 0.25) is 0 Å². The van der Waals surface area contributed by atoms with Gasteiger partial charge in [0.25, 0.3) is 5.91 Å². The summed E-state index contributed by atoms with van der Waals surface area (Å²) in [6.07, 6.45) is 0. The van der Waals surface area contributed by atoms with Gasteiger partial charge in [-0.3, -0.25) is 4.79 Å². The maximum absolute atomic E-state index is 14.3. The molecule has 1 aliphatic heterocycles. The van der Waals surface area contributed by atoms with Crippen LogP contribution in [0.5, 0.6) is 0 Å². The summed E-state index contributed by atoms with van der Waals surface area (Å²) in [5, 5.41) is 11.9. The van der Waals surface area contributed by atoms with E-state index >= 15 is 0 Å². The molecular weight excluding hydrogens is 470 g/mol. The van der Waals surface area contributed by atoms with Gasteiger partial charge in [-0.25, -0.2) is 18.2 Å². The number of rotatable bonds is 3. The van der Waals surface area contributed by atoms with Crippen molar-refractivity contribution in [3.63, 3.8) is 0 Å². The number of anilines is 1. The highest BCUT2D eigenvalue weighted by atomic mass is 32.1. The zero-order chi connectivity index (χ0) is 24.1. The Hall–Kier alpha value is -3.92. The van der Waals surface area contributed by atoms with Gasteiger partial charge in [-0.1, -0.05) is 18.2 Å². The van der Waals surface area contributed by atoms with E-state index in [1.54, 1.807) is 16.2 Å².